The predicted octanol–water partition coefficient (Wildman–Crippen LogP) is 1.29. The second kappa shape index (κ2) is 3.98. The van der Waals surface area contributed by atoms with Gasteiger partial charge in [0.1, 0.15) is 5.82 Å². The van der Waals surface area contributed by atoms with Gasteiger partial charge < -0.3 is 10.6 Å². The summed E-state index contributed by atoms with van der Waals surface area (Å²) in [6.45, 7) is 3.22. The molecule has 0 aromatic heterocycles. The lowest BCUT2D eigenvalue weighted by Crippen LogP contribution is -2.48. The maximum Gasteiger partial charge on any atom is 0.230 e. The van der Waals surface area contributed by atoms with Crippen LogP contribution in [-0.2, 0) is 4.79 Å². The predicted molar refractivity (Wildman–Crippen MR) is 56.1 cm³/mol. The first-order valence-corrected chi connectivity index (χ1v) is 4.94. The molecule has 1 aliphatic rings. The van der Waals surface area contributed by atoms with Crippen LogP contribution in [0.3, 0.4) is 0 Å². The number of benzene rings is 1. The fourth-order valence-corrected chi connectivity index (χ4v) is 1.44. The molecule has 0 unspecified atom stereocenters. The SMILES string of the molecule is Cc1ccc(F)c(NC(=O)C2CNC2)c1. The third-order valence-electron chi connectivity index (χ3n) is 2.53. The van der Waals surface area contributed by atoms with E-state index in [-0.39, 0.29) is 23.3 Å². The van der Waals surface area contributed by atoms with Crippen molar-refractivity contribution in [1.29, 1.82) is 0 Å². The summed E-state index contributed by atoms with van der Waals surface area (Å²) in [5.41, 5.74) is 1.20. The zero-order valence-electron chi connectivity index (χ0n) is 8.51. The summed E-state index contributed by atoms with van der Waals surface area (Å²) in [7, 11) is 0. The topological polar surface area (TPSA) is 41.1 Å². The number of aryl methyl sites for hydroxylation is 1. The van der Waals surface area contributed by atoms with Gasteiger partial charge in [-0.25, -0.2) is 4.39 Å². The molecule has 0 aliphatic carbocycles. The summed E-state index contributed by atoms with van der Waals surface area (Å²) in [6, 6.07) is 4.68. The highest BCUT2D eigenvalue weighted by Crippen LogP contribution is 2.17. The van der Waals surface area contributed by atoms with Crippen molar-refractivity contribution in [1.82, 2.24) is 5.32 Å². The number of carbonyl (C=O) groups is 1. The number of carbonyl (C=O) groups excluding carboxylic acids is 1. The van der Waals surface area contributed by atoms with Crippen LogP contribution in [0.15, 0.2) is 18.2 Å². The Bertz CT molecular complexity index is 388. The Morgan fingerprint density at radius 1 is 1.53 bits per heavy atom. The molecule has 2 rings (SSSR count). The van der Waals surface area contributed by atoms with Crippen molar-refractivity contribution in [2.45, 2.75) is 6.92 Å². The van der Waals surface area contributed by atoms with Gasteiger partial charge in [0.05, 0.1) is 11.6 Å². The van der Waals surface area contributed by atoms with Gasteiger partial charge >= 0.3 is 0 Å². The summed E-state index contributed by atoms with van der Waals surface area (Å²) < 4.78 is 13.3. The normalized spacial score (nSPS) is 15.9. The van der Waals surface area contributed by atoms with Crippen molar-refractivity contribution >= 4 is 11.6 Å². The molecular formula is C11H13FN2O. The molecule has 2 N–H and O–H groups in total. The first kappa shape index (κ1) is 10.1. The summed E-state index contributed by atoms with van der Waals surface area (Å²) in [5, 5.41) is 5.60. The van der Waals surface area contributed by atoms with E-state index in [9.17, 15) is 9.18 Å². The standard InChI is InChI=1S/C11H13FN2O/c1-7-2-3-9(12)10(4-7)14-11(15)8-5-13-6-8/h2-4,8,13H,5-6H2,1H3,(H,14,15). The van der Waals surface area contributed by atoms with Crippen LogP contribution in [0, 0.1) is 18.7 Å². The van der Waals surface area contributed by atoms with E-state index in [1.54, 1.807) is 12.1 Å². The minimum atomic E-state index is -0.388. The van der Waals surface area contributed by atoms with Gasteiger partial charge in [-0.05, 0) is 24.6 Å². The summed E-state index contributed by atoms with van der Waals surface area (Å²) >= 11 is 0. The van der Waals surface area contributed by atoms with E-state index in [2.05, 4.69) is 10.6 Å². The second-order valence-electron chi connectivity index (χ2n) is 3.83. The van der Waals surface area contributed by atoms with Crippen LogP contribution in [0.4, 0.5) is 10.1 Å². The molecule has 1 amide bonds. The Morgan fingerprint density at radius 3 is 2.87 bits per heavy atom. The highest BCUT2D eigenvalue weighted by Gasteiger charge is 2.25. The first-order valence-electron chi connectivity index (χ1n) is 4.94. The fourth-order valence-electron chi connectivity index (χ4n) is 1.44. The van der Waals surface area contributed by atoms with Crippen LogP contribution in [0.2, 0.25) is 0 Å². The Hall–Kier alpha value is -1.42. The number of nitrogens with one attached hydrogen (secondary N) is 2. The summed E-state index contributed by atoms with van der Waals surface area (Å²) in [5.74, 6) is -0.524. The van der Waals surface area contributed by atoms with E-state index >= 15 is 0 Å². The molecule has 0 bridgehead atoms. The van der Waals surface area contributed by atoms with E-state index in [0.29, 0.717) is 13.1 Å². The van der Waals surface area contributed by atoms with Crippen molar-refractivity contribution in [3.05, 3.63) is 29.6 Å². The van der Waals surface area contributed by atoms with E-state index in [4.69, 9.17) is 0 Å². The van der Waals surface area contributed by atoms with Crippen LogP contribution in [0.1, 0.15) is 5.56 Å². The van der Waals surface area contributed by atoms with Gasteiger partial charge in [-0.15, -0.1) is 0 Å². The van der Waals surface area contributed by atoms with E-state index in [1.165, 1.54) is 6.07 Å². The van der Waals surface area contributed by atoms with Crippen LogP contribution in [0.25, 0.3) is 0 Å². The van der Waals surface area contributed by atoms with Crippen molar-refractivity contribution in [2.24, 2.45) is 5.92 Å². The summed E-state index contributed by atoms with van der Waals surface area (Å²) in [4.78, 5) is 11.5. The molecule has 1 aliphatic heterocycles. The van der Waals surface area contributed by atoms with Gasteiger partial charge in [-0.2, -0.15) is 0 Å². The molecule has 0 saturated carbocycles. The Labute approximate surface area is 87.7 Å². The minimum absolute atomic E-state index is 0.0232. The maximum atomic E-state index is 13.3. The van der Waals surface area contributed by atoms with E-state index in [0.717, 1.165) is 5.56 Å². The van der Waals surface area contributed by atoms with Crippen molar-refractivity contribution < 1.29 is 9.18 Å². The molecule has 1 aromatic carbocycles. The van der Waals surface area contributed by atoms with Crippen molar-refractivity contribution in [3.8, 4) is 0 Å². The zero-order valence-corrected chi connectivity index (χ0v) is 8.51. The lowest BCUT2D eigenvalue weighted by Gasteiger charge is -2.25. The lowest BCUT2D eigenvalue weighted by molar-refractivity contribution is -0.121. The zero-order chi connectivity index (χ0) is 10.8. The Balaban J connectivity index is 2.09. The Kier molecular flexibility index (Phi) is 2.68. The molecule has 0 radical (unpaired) electrons. The molecule has 15 heavy (non-hydrogen) atoms. The molecule has 1 aromatic rings. The molecule has 80 valence electrons. The van der Waals surface area contributed by atoms with Gasteiger partial charge in [0.2, 0.25) is 5.91 Å². The summed E-state index contributed by atoms with van der Waals surface area (Å²) in [6.07, 6.45) is 0. The number of rotatable bonds is 2. The average molecular weight is 208 g/mol. The third-order valence-corrected chi connectivity index (χ3v) is 2.53. The van der Waals surface area contributed by atoms with Crippen LogP contribution < -0.4 is 10.6 Å². The highest BCUT2D eigenvalue weighted by molar-refractivity contribution is 5.93. The monoisotopic (exact) mass is 208 g/mol. The van der Waals surface area contributed by atoms with Crippen molar-refractivity contribution in [3.63, 3.8) is 0 Å². The van der Waals surface area contributed by atoms with Gasteiger partial charge in [-0.3, -0.25) is 4.79 Å². The first-order chi connectivity index (χ1) is 7.16. The number of hydrogen-bond acceptors (Lipinski definition) is 2. The highest BCUT2D eigenvalue weighted by atomic mass is 19.1. The molecule has 3 nitrogen and oxygen atoms in total. The van der Waals surface area contributed by atoms with Gasteiger partial charge in [0, 0.05) is 13.1 Å². The number of hydrogen-bond donors (Lipinski definition) is 2. The fraction of sp³-hybridized carbons (Fsp3) is 0.364. The average Bonchev–Trinajstić information content (AvgIpc) is 2.08. The molecule has 0 spiro atoms. The van der Waals surface area contributed by atoms with Crippen molar-refractivity contribution in [2.75, 3.05) is 18.4 Å². The maximum absolute atomic E-state index is 13.3. The minimum Gasteiger partial charge on any atom is -0.323 e. The molecule has 0 atom stereocenters. The second-order valence-corrected chi connectivity index (χ2v) is 3.83. The van der Waals surface area contributed by atoms with Crippen LogP contribution in [0.5, 0.6) is 0 Å². The smallest absolute Gasteiger partial charge is 0.230 e. The van der Waals surface area contributed by atoms with Gasteiger partial charge in [-0.1, -0.05) is 6.07 Å². The molecule has 1 fully saturated rings. The molecule has 1 saturated heterocycles. The largest absolute Gasteiger partial charge is 0.323 e. The van der Waals surface area contributed by atoms with Crippen LogP contribution in [-0.4, -0.2) is 19.0 Å². The number of anilines is 1. The molecular weight excluding hydrogens is 195 g/mol. The van der Waals surface area contributed by atoms with E-state index < -0.39 is 0 Å². The van der Waals surface area contributed by atoms with E-state index in [1.807, 2.05) is 6.92 Å². The molecule has 1 heterocycles. The number of amides is 1. The van der Waals surface area contributed by atoms with Gasteiger partial charge in [0.25, 0.3) is 0 Å². The third kappa shape index (κ3) is 2.15. The Morgan fingerprint density at radius 2 is 2.27 bits per heavy atom. The molecule has 4 heteroatoms. The number of halogens is 1. The lowest BCUT2D eigenvalue weighted by atomic mass is 10.0. The quantitative estimate of drug-likeness (QED) is 0.769. The van der Waals surface area contributed by atoms with Gasteiger partial charge in [0.15, 0.2) is 0 Å². The van der Waals surface area contributed by atoms with Crippen LogP contribution >= 0.6 is 0 Å².